The molecule has 5 heteroatoms. The molecule has 0 unspecified atom stereocenters. The van der Waals surface area contributed by atoms with E-state index < -0.39 is 0 Å². The molecule has 13 aromatic rings. The highest BCUT2D eigenvalue weighted by Gasteiger charge is 2.20. The summed E-state index contributed by atoms with van der Waals surface area (Å²) in [6.07, 6.45) is 2.03. The monoisotopic (exact) mass is 817 g/mol. The maximum Gasteiger partial charge on any atom is 0.0762 e. The molecule has 300 valence electrons. The highest BCUT2D eigenvalue weighted by molar-refractivity contribution is 6.18. The fraction of sp³-hybridized carbons (Fsp3) is 0. The lowest BCUT2D eigenvalue weighted by Crippen LogP contribution is -2.10. The second kappa shape index (κ2) is 14.5. The molecule has 0 atom stereocenters. The van der Waals surface area contributed by atoms with Gasteiger partial charge in [0, 0.05) is 55.1 Å². The molecule has 0 fully saturated rings. The summed E-state index contributed by atoms with van der Waals surface area (Å²) < 4.78 is 6.85. The van der Waals surface area contributed by atoms with Crippen LogP contribution >= 0.6 is 0 Å². The largest absolute Gasteiger partial charge is 0.310 e. The predicted molar refractivity (Wildman–Crippen MR) is 267 cm³/mol. The van der Waals surface area contributed by atoms with Gasteiger partial charge < -0.3 is 14.0 Å². The normalized spacial score (nSPS) is 11.8. The Kier molecular flexibility index (Phi) is 8.15. The molecule has 13 rings (SSSR count). The van der Waals surface area contributed by atoms with E-state index in [1.54, 1.807) is 0 Å². The fourth-order valence-electron chi connectivity index (χ4n) is 10.00. The zero-order valence-electron chi connectivity index (χ0n) is 34.8. The van der Waals surface area contributed by atoms with E-state index in [4.69, 9.17) is 5.10 Å². The van der Waals surface area contributed by atoms with Crippen molar-refractivity contribution >= 4 is 82.3 Å². The van der Waals surface area contributed by atoms with Crippen molar-refractivity contribution in [1.82, 2.24) is 18.9 Å². The smallest absolute Gasteiger partial charge is 0.0762 e. The molecule has 0 bridgehead atoms. The molecule has 64 heavy (non-hydrogen) atoms. The summed E-state index contributed by atoms with van der Waals surface area (Å²) >= 11 is 0. The number of hydrogen-bond acceptors (Lipinski definition) is 2. The van der Waals surface area contributed by atoms with E-state index in [2.05, 4.69) is 249 Å². The Balaban J connectivity index is 0.870. The van der Waals surface area contributed by atoms with Gasteiger partial charge in [-0.15, -0.1) is 0 Å². The van der Waals surface area contributed by atoms with Crippen molar-refractivity contribution in [3.63, 3.8) is 0 Å². The Labute approximate surface area is 369 Å². The summed E-state index contributed by atoms with van der Waals surface area (Å²) in [6.45, 7) is 0. The Morgan fingerprint density at radius 1 is 0.328 bits per heavy atom. The van der Waals surface area contributed by atoms with Crippen molar-refractivity contribution in [2.24, 2.45) is 0 Å². The average Bonchev–Trinajstić information content (AvgIpc) is 4.05. The van der Waals surface area contributed by atoms with E-state index in [0.717, 1.165) is 50.5 Å². The molecule has 0 aliphatic carbocycles. The number of hydrogen-bond donors (Lipinski definition) is 0. The van der Waals surface area contributed by atoms with Crippen molar-refractivity contribution in [3.05, 3.63) is 237 Å². The first-order chi connectivity index (χ1) is 31.8. The Morgan fingerprint density at radius 3 is 1.64 bits per heavy atom. The molecule has 0 saturated carbocycles. The van der Waals surface area contributed by atoms with Gasteiger partial charge in [0.05, 0.1) is 45.2 Å². The number of fused-ring (bicyclic) bond motifs is 9. The first-order valence-electron chi connectivity index (χ1n) is 21.8. The number of anilines is 3. The Hall–Kier alpha value is -8.67. The lowest BCUT2D eigenvalue weighted by atomic mass is 10.0. The minimum atomic E-state index is 1.03. The van der Waals surface area contributed by atoms with Gasteiger partial charge in [0.2, 0.25) is 0 Å². The van der Waals surface area contributed by atoms with Crippen LogP contribution in [0.15, 0.2) is 237 Å². The van der Waals surface area contributed by atoms with E-state index in [1.807, 2.05) is 6.20 Å². The van der Waals surface area contributed by atoms with Crippen molar-refractivity contribution in [3.8, 4) is 28.2 Å². The fourth-order valence-corrected chi connectivity index (χ4v) is 10.00. The van der Waals surface area contributed by atoms with Gasteiger partial charge in [0.25, 0.3) is 0 Å². The van der Waals surface area contributed by atoms with Crippen LogP contribution in [-0.2, 0) is 0 Å². The number of aromatic nitrogens is 4. The van der Waals surface area contributed by atoms with Crippen LogP contribution in [0.2, 0.25) is 0 Å². The summed E-state index contributed by atoms with van der Waals surface area (Å²) in [5.74, 6) is 0. The average molecular weight is 818 g/mol. The predicted octanol–water partition coefficient (Wildman–Crippen LogP) is 15.5. The van der Waals surface area contributed by atoms with Gasteiger partial charge in [-0.1, -0.05) is 133 Å². The maximum absolute atomic E-state index is 5.06. The highest BCUT2D eigenvalue weighted by atomic mass is 15.3. The van der Waals surface area contributed by atoms with Gasteiger partial charge in [-0.3, -0.25) is 0 Å². The molecule has 0 spiro atoms. The highest BCUT2D eigenvalue weighted by Crippen LogP contribution is 2.41. The molecular weight excluding hydrogens is 779 g/mol. The van der Waals surface area contributed by atoms with Gasteiger partial charge >= 0.3 is 0 Å². The molecule has 0 N–H and O–H groups in total. The van der Waals surface area contributed by atoms with Gasteiger partial charge in [-0.2, -0.15) is 5.10 Å². The second-order valence-corrected chi connectivity index (χ2v) is 16.5. The molecule has 0 aliphatic rings. The SMILES string of the molecule is c1ccc(N(c2ccc(-c3ccc(-n4c5ccccc5c5cc(-n6ncc7c6ccc6c8ccccc8n(-c8ccccc8)c67)ccc54)cc3)cc2)c2cccc3ccccc23)cc1. The van der Waals surface area contributed by atoms with Crippen LogP contribution in [0.3, 0.4) is 0 Å². The summed E-state index contributed by atoms with van der Waals surface area (Å²) in [7, 11) is 0. The molecule has 0 saturated heterocycles. The van der Waals surface area contributed by atoms with Gasteiger partial charge in [-0.05, 0) is 114 Å². The van der Waals surface area contributed by atoms with Gasteiger partial charge in [0.15, 0.2) is 0 Å². The summed E-state index contributed by atoms with van der Waals surface area (Å²) in [4.78, 5) is 2.35. The lowest BCUT2D eigenvalue weighted by Gasteiger charge is -2.27. The third-order valence-corrected chi connectivity index (χ3v) is 12.9. The molecule has 0 radical (unpaired) electrons. The molecule has 0 amide bonds. The molecule has 3 aromatic heterocycles. The topological polar surface area (TPSA) is 30.9 Å². The van der Waals surface area contributed by atoms with Crippen molar-refractivity contribution < 1.29 is 0 Å². The molecule has 3 heterocycles. The third kappa shape index (κ3) is 5.61. The van der Waals surface area contributed by atoms with Crippen LogP contribution < -0.4 is 4.90 Å². The molecular formula is C59H39N5. The Morgan fingerprint density at radius 2 is 0.875 bits per heavy atom. The molecule has 0 aliphatic heterocycles. The van der Waals surface area contributed by atoms with E-state index >= 15 is 0 Å². The Bertz CT molecular complexity index is 3870. The van der Waals surface area contributed by atoms with Crippen LogP contribution in [0.1, 0.15) is 0 Å². The summed E-state index contributed by atoms with van der Waals surface area (Å²) in [5, 5.41) is 13.5. The summed E-state index contributed by atoms with van der Waals surface area (Å²) in [6, 6.07) is 82.9. The standard InChI is InChI=1S/C59H39N5/c1-3-16-43(17-4-1)61(54-25-13-15-42-14-7-8-20-48(42)54)45-30-26-40(27-31-45)41-28-32-46(33-29-41)62-55-23-11-10-22-50(55)52-38-47(34-36-57(52)62)64-58-37-35-51-49-21-9-12-24-56(49)63(44-18-5-2-6-19-44)59(51)53(58)39-60-64/h1-39H. The van der Waals surface area contributed by atoms with Gasteiger partial charge in [0.1, 0.15) is 0 Å². The number of benzene rings is 10. The van der Waals surface area contributed by atoms with Gasteiger partial charge in [-0.25, -0.2) is 4.68 Å². The minimum absolute atomic E-state index is 1.03. The van der Waals surface area contributed by atoms with Crippen LogP contribution in [0, 0.1) is 0 Å². The molecule has 10 aromatic carbocycles. The van der Waals surface area contributed by atoms with E-state index in [9.17, 15) is 0 Å². The lowest BCUT2D eigenvalue weighted by molar-refractivity contribution is 0.912. The first-order valence-corrected chi connectivity index (χ1v) is 21.8. The summed E-state index contributed by atoms with van der Waals surface area (Å²) in [5.41, 5.74) is 14.7. The van der Waals surface area contributed by atoms with E-state index in [0.29, 0.717) is 0 Å². The minimum Gasteiger partial charge on any atom is -0.310 e. The van der Waals surface area contributed by atoms with Crippen LogP contribution in [0.25, 0.3) is 93.5 Å². The maximum atomic E-state index is 5.06. The zero-order valence-corrected chi connectivity index (χ0v) is 34.8. The third-order valence-electron chi connectivity index (χ3n) is 12.9. The second-order valence-electron chi connectivity index (χ2n) is 16.5. The quantitative estimate of drug-likeness (QED) is 0.160. The van der Waals surface area contributed by atoms with Crippen LogP contribution in [0.4, 0.5) is 17.1 Å². The first kappa shape index (κ1) is 36.0. The number of rotatable bonds is 7. The van der Waals surface area contributed by atoms with Crippen LogP contribution in [-0.4, -0.2) is 18.9 Å². The van der Waals surface area contributed by atoms with Crippen molar-refractivity contribution in [2.75, 3.05) is 4.90 Å². The zero-order chi connectivity index (χ0) is 42.1. The number of nitrogens with zero attached hydrogens (tertiary/aromatic N) is 5. The van der Waals surface area contributed by atoms with Crippen molar-refractivity contribution in [2.45, 2.75) is 0 Å². The van der Waals surface area contributed by atoms with Crippen LogP contribution in [0.5, 0.6) is 0 Å². The van der Waals surface area contributed by atoms with E-state index in [-0.39, 0.29) is 0 Å². The number of para-hydroxylation sites is 4. The van der Waals surface area contributed by atoms with Crippen molar-refractivity contribution in [1.29, 1.82) is 0 Å². The molecule has 5 nitrogen and oxygen atoms in total. The van der Waals surface area contributed by atoms with E-state index in [1.165, 1.54) is 60.0 Å².